The summed E-state index contributed by atoms with van der Waals surface area (Å²) in [6.45, 7) is 7.52. The number of aromatic nitrogens is 4. The Labute approximate surface area is 141 Å². The number of fused-ring (bicyclic) bond motifs is 1. The highest BCUT2D eigenvalue weighted by Gasteiger charge is 2.11. The molecule has 124 valence electrons. The van der Waals surface area contributed by atoms with Crippen molar-refractivity contribution in [1.82, 2.24) is 24.8 Å². The molecular weight excluding hydrogens is 302 g/mol. The van der Waals surface area contributed by atoms with Crippen molar-refractivity contribution in [2.24, 2.45) is 5.92 Å². The Kier molecular flexibility index (Phi) is 4.55. The molecule has 0 saturated heterocycles. The van der Waals surface area contributed by atoms with Gasteiger partial charge in [0.15, 0.2) is 5.65 Å². The van der Waals surface area contributed by atoms with E-state index >= 15 is 0 Å². The first-order chi connectivity index (χ1) is 11.5. The molecule has 0 spiro atoms. The Hall–Kier alpha value is -2.76. The van der Waals surface area contributed by atoms with Gasteiger partial charge in [0.2, 0.25) is 0 Å². The van der Waals surface area contributed by atoms with E-state index in [-0.39, 0.29) is 5.91 Å². The number of hydrogen-bond acceptors (Lipinski definition) is 4. The largest absolute Gasteiger partial charge is 0.346 e. The molecule has 1 amide bonds. The summed E-state index contributed by atoms with van der Waals surface area (Å²) in [4.78, 5) is 25.4. The number of hydrogen-bond donors (Lipinski definition) is 1. The van der Waals surface area contributed by atoms with Crippen LogP contribution in [0.3, 0.4) is 0 Å². The quantitative estimate of drug-likeness (QED) is 0.783. The summed E-state index contributed by atoms with van der Waals surface area (Å²) < 4.78 is 2.01. The average molecular weight is 323 g/mol. The van der Waals surface area contributed by atoms with Crippen molar-refractivity contribution < 1.29 is 4.79 Å². The van der Waals surface area contributed by atoms with Crippen LogP contribution in [-0.2, 0) is 13.1 Å². The first-order valence-corrected chi connectivity index (χ1v) is 8.04. The minimum atomic E-state index is -0.173. The number of rotatable bonds is 5. The van der Waals surface area contributed by atoms with Gasteiger partial charge in [0.05, 0.1) is 24.1 Å². The lowest BCUT2D eigenvalue weighted by Crippen LogP contribution is -2.24. The SMILES string of the molecule is Cc1cccnc1CNC(=O)c1cnc2c(c1)ncn2CC(C)C. The monoisotopic (exact) mass is 323 g/mol. The van der Waals surface area contributed by atoms with Gasteiger partial charge < -0.3 is 9.88 Å². The van der Waals surface area contributed by atoms with Crippen LogP contribution < -0.4 is 5.32 Å². The van der Waals surface area contributed by atoms with Gasteiger partial charge in [-0.25, -0.2) is 9.97 Å². The normalized spacial score (nSPS) is 11.2. The lowest BCUT2D eigenvalue weighted by Gasteiger charge is -2.08. The zero-order valence-electron chi connectivity index (χ0n) is 14.2. The van der Waals surface area contributed by atoms with Crippen LogP contribution in [0, 0.1) is 12.8 Å². The predicted octanol–water partition coefficient (Wildman–Crippen LogP) is 2.72. The molecule has 0 aliphatic rings. The lowest BCUT2D eigenvalue weighted by atomic mass is 10.2. The summed E-state index contributed by atoms with van der Waals surface area (Å²) in [6.07, 6.45) is 5.10. The zero-order valence-corrected chi connectivity index (χ0v) is 14.2. The maximum Gasteiger partial charge on any atom is 0.253 e. The second-order valence-electron chi connectivity index (χ2n) is 6.31. The second-order valence-corrected chi connectivity index (χ2v) is 6.31. The Morgan fingerprint density at radius 2 is 2.12 bits per heavy atom. The molecule has 3 rings (SSSR count). The third-order valence-electron chi connectivity index (χ3n) is 3.81. The Morgan fingerprint density at radius 3 is 2.88 bits per heavy atom. The number of amides is 1. The molecule has 3 aromatic rings. The predicted molar refractivity (Wildman–Crippen MR) is 92.5 cm³/mol. The number of carbonyl (C=O) groups excluding carboxylic acids is 1. The molecule has 0 atom stereocenters. The molecule has 0 aliphatic heterocycles. The Bertz CT molecular complexity index is 869. The number of aryl methyl sites for hydroxylation is 1. The molecular formula is C18H21N5O. The van der Waals surface area contributed by atoms with Crippen molar-refractivity contribution in [2.75, 3.05) is 0 Å². The minimum Gasteiger partial charge on any atom is -0.346 e. The summed E-state index contributed by atoms with van der Waals surface area (Å²) in [5.41, 5.74) is 3.96. The maximum atomic E-state index is 12.3. The topological polar surface area (TPSA) is 72.7 Å². The average Bonchev–Trinajstić information content (AvgIpc) is 2.95. The van der Waals surface area contributed by atoms with Crippen LogP contribution in [0.2, 0.25) is 0 Å². The number of nitrogens with zero attached hydrogens (tertiary/aromatic N) is 4. The van der Waals surface area contributed by atoms with E-state index in [1.54, 1.807) is 24.8 Å². The third-order valence-corrected chi connectivity index (χ3v) is 3.81. The van der Waals surface area contributed by atoms with Gasteiger partial charge in [-0.3, -0.25) is 9.78 Å². The van der Waals surface area contributed by atoms with Crippen LogP contribution in [0.25, 0.3) is 11.2 Å². The van der Waals surface area contributed by atoms with E-state index in [9.17, 15) is 4.79 Å². The van der Waals surface area contributed by atoms with E-state index in [4.69, 9.17) is 0 Å². The first kappa shape index (κ1) is 16.1. The molecule has 24 heavy (non-hydrogen) atoms. The van der Waals surface area contributed by atoms with Gasteiger partial charge in [-0.1, -0.05) is 19.9 Å². The molecule has 1 N–H and O–H groups in total. The maximum absolute atomic E-state index is 12.3. The highest BCUT2D eigenvalue weighted by Crippen LogP contribution is 2.14. The summed E-state index contributed by atoms with van der Waals surface area (Å²) in [6, 6.07) is 5.63. The van der Waals surface area contributed by atoms with Gasteiger partial charge in [-0.05, 0) is 30.5 Å². The van der Waals surface area contributed by atoms with Crippen molar-refractivity contribution in [3.63, 3.8) is 0 Å². The van der Waals surface area contributed by atoms with Crippen molar-refractivity contribution >= 4 is 17.1 Å². The fraction of sp³-hybridized carbons (Fsp3) is 0.333. The molecule has 0 radical (unpaired) electrons. The fourth-order valence-electron chi connectivity index (χ4n) is 2.57. The molecule has 3 heterocycles. The fourth-order valence-corrected chi connectivity index (χ4v) is 2.57. The van der Waals surface area contributed by atoms with Crippen molar-refractivity contribution in [3.05, 3.63) is 53.7 Å². The van der Waals surface area contributed by atoms with E-state index in [1.807, 2.05) is 23.6 Å². The minimum absolute atomic E-state index is 0.173. The number of nitrogens with one attached hydrogen (secondary N) is 1. The van der Waals surface area contributed by atoms with Crippen LogP contribution >= 0.6 is 0 Å². The van der Waals surface area contributed by atoms with E-state index in [1.165, 1.54) is 0 Å². The molecule has 0 unspecified atom stereocenters. The molecule has 0 fully saturated rings. The number of pyridine rings is 2. The lowest BCUT2D eigenvalue weighted by molar-refractivity contribution is 0.0950. The van der Waals surface area contributed by atoms with E-state index in [0.717, 1.165) is 29.0 Å². The van der Waals surface area contributed by atoms with Gasteiger partial charge in [-0.15, -0.1) is 0 Å². The third kappa shape index (κ3) is 3.42. The van der Waals surface area contributed by atoms with Gasteiger partial charge in [0, 0.05) is 18.9 Å². The highest BCUT2D eigenvalue weighted by atomic mass is 16.1. The van der Waals surface area contributed by atoms with E-state index < -0.39 is 0 Å². The molecule has 3 aromatic heterocycles. The van der Waals surface area contributed by atoms with Crippen LogP contribution in [0.5, 0.6) is 0 Å². The molecule has 0 saturated carbocycles. The van der Waals surface area contributed by atoms with Crippen molar-refractivity contribution in [2.45, 2.75) is 33.9 Å². The molecule has 0 aromatic carbocycles. The van der Waals surface area contributed by atoms with Crippen molar-refractivity contribution in [3.8, 4) is 0 Å². The van der Waals surface area contributed by atoms with Crippen molar-refractivity contribution in [1.29, 1.82) is 0 Å². The summed E-state index contributed by atoms with van der Waals surface area (Å²) in [5.74, 6) is 0.335. The summed E-state index contributed by atoms with van der Waals surface area (Å²) >= 11 is 0. The summed E-state index contributed by atoms with van der Waals surface area (Å²) in [5, 5.41) is 2.88. The van der Waals surface area contributed by atoms with Crippen LogP contribution in [-0.4, -0.2) is 25.4 Å². The smallest absolute Gasteiger partial charge is 0.253 e. The van der Waals surface area contributed by atoms with Gasteiger partial charge >= 0.3 is 0 Å². The van der Waals surface area contributed by atoms with Crippen LogP contribution in [0.4, 0.5) is 0 Å². The number of imidazole rings is 1. The Morgan fingerprint density at radius 1 is 1.29 bits per heavy atom. The van der Waals surface area contributed by atoms with Gasteiger partial charge in [0.1, 0.15) is 5.52 Å². The van der Waals surface area contributed by atoms with E-state index in [2.05, 4.69) is 34.1 Å². The second kappa shape index (κ2) is 6.78. The van der Waals surface area contributed by atoms with Crippen LogP contribution in [0.15, 0.2) is 36.9 Å². The van der Waals surface area contributed by atoms with Gasteiger partial charge in [-0.2, -0.15) is 0 Å². The zero-order chi connectivity index (χ0) is 17.1. The van der Waals surface area contributed by atoms with Crippen LogP contribution in [0.1, 0.15) is 35.5 Å². The standard InChI is InChI=1S/C18H21N5O/c1-12(2)10-23-11-22-15-7-14(8-20-17(15)23)18(24)21-9-16-13(3)5-4-6-19-16/h4-8,11-12H,9-10H2,1-3H3,(H,21,24). The molecule has 6 nitrogen and oxygen atoms in total. The Balaban J connectivity index is 1.74. The number of carbonyl (C=O) groups is 1. The molecule has 6 heteroatoms. The highest BCUT2D eigenvalue weighted by molar-refractivity contribution is 5.96. The van der Waals surface area contributed by atoms with Gasteiger partial charge in [0.25, 0.3) is 5.91 Å². The first-order valence-electron chi connectivity index (χ1n) is 8.04. The molecule has 0 aliphatic carbocycles. The van der Waals surface area contributed by atoms with E-state index in [0.29, 0.717) is 18.0 Å². The summed E-state index contributed by atoms with van der Waals surface area (Å²) in [7, 11) is 0. The molecule has 0 bridgehead atoms.